The molecule has 2 spiro atoms. The van der Waals surface area contributed by atoms with E-state index in [4.69, 9.17) is 9.47 Å². The molecule has 0 atom stereocenters. The fraction of sp³-hybridized carbons (Fsp3) is 0.0294. The second-order valence-corrected chi connectivity index (χ2v) is 19.1. The van der Waals surface area contributed by atoms with E-state index in [2.05, 4.69) is 266 Å². The molecular weight excluding hydrogens is 863 g/mol. The van der Waals surface area contributed by atoms with Crippen molar-refractivity contribution < 1.29 is 9.47 Å². The van der Waals surface area contributed by atoms with Crippen LogP contribution in [-0.2, 0) is 10.8 Å². The molecule has 0 bridgehead atoms. The average Bonchev–Trinajstić information content (AvgIpc) is 3.90. The summed E-state index contributed by atoms with van der Waals surface area (Å²) < 4.78 is 13.3. The Balaban J connectivity index is 0.896. The smallest absolute Gasteiger partial charge is 0.132 e. The van der Waals surface area contributed by atoms with Crippen LogP contribution in [0.25, 0.3) is 44.5 Å². The van der Waals surface area contributed by atoms with Crippen molar-refractivity contribution in [2.45, 2.75) is 10.8 Å². The summed E-state index contributed by atoms with van der Waals surface area (Å²) in [5.74, 6) is 3.57. The van der Waals surface area contributed by atoms with Gasteiger partial charge in [-0.15, -0.1) is 0 Å². The second kappa shape index (κ2) is 15.2. The molecule has 0 radical (unpaired) electrons. The third-order valence-corrected chi connectivity index (χ3v) is 15.6. The van der Waals surface area contributed by atoms with Gasteiger partial charge in [0.2, 0.25) is 0 Å². The fourth-order valence-corrected chi connectivity index (χ4v) is 12.7. The molecular formula is C68H43NO2. The molecule has 2 aliphatic heterocycles. The number of para-hydroxylation sites is 4. The predicted octanol–water partition coefficient (Wildman–Crippen LogP) is 17.4. The van der Waals surface area contributed by atoms with Crippen LogP contribution in [0, 0.1) is 0 Å². The Bertz CT molecular complexity index is 3870. The molecule has 332 valence electrons. The van der Waals surface area contributed by atoms with Gasteiger partial charge in [0.1, 0.15) is 23.0 Å². The van der Waals surface area contributed by atoms with Crippen LogP contribution >= 0.6 is 0 Å². The van der Waals surface area contributed by atoms with Crippen LogP contribution in [0.5, 0.6) is 23.0 Å². The van der Waals surface area contributed by atoms with Gasteiger partial charge in [-0.25, -0.2) is 0 Å². The quantitative estimate of drug-likeness (QED) is 0.172. The Kier molecular flexibility index (Phi) is 8.49. The topological polar surface area (TPSA) is 21.7 Å². The van der Waals surface area contributed by atoms with E-state index in [0.29, 0.717) is 0 Å². The third-order valence-electron chi connectivity index (χ3n) is 15.6. The largest absolute Gasteiger partial charge is 0.457 e. The normalized spacial score (nSPS) is 14.1. The van der Waals surface area contributed by atoms with E-state index in [0.717, 1.165) is 62.3 Å². The maximum atomic E-state index is 6.70. The van der Waals surface area contributed by atoms with E-state index in [9.17, 15) is 0 Å². The highest BCUT2D eigenvalue weighted by Crippen LogP contribution is 2.64. The number of rotatable bonds is 5. The van der Waals surface area contributed by atoms with E-state index in [1.165, 1.54) is 66.8 Å². The number of anilines is 3. The van der Waals surface area contributed by atoms with E-state index in [-0.39, 0.29) is 0 Å². The van der Waals surface area contributed by atoms with Crippen molar-refractivity contribution in [2.75, 3.05) is 4.90 Å². The molecule has 0 N–H and O–H groups in total. The minimum absolute atomic E-state index is 0.501. The van der Waals surface area contributed by atoms with Crippen LogP contribution in [-0.4, -0.2) is 0 Å². The summed E-state index contributed by atoms with van der Waals surface area (Å²) in [6.07, 6.45) is 0. The molecule has 2 aliphatic carbocycles. The molecule has 0 saturated carbocycles. The lowest BCUT2D eigenvalue weighted by Gasteiger charge is -2.39. The zero-order valence-electron chi connectivity index (χ0n) is 38.6. The summed E-state index contributed by atoms with van der Waals surface area (Å²) >= 11 is 0. The Morgan fingerprint density at radius 3 is 1.21 bits per heavy atom. The van der Waals surface area contributed by atoms with Gasteiger partial charge in [0.25, 0.3) is 0 Å². The van der Waals surface area contributed by atoms with Crippen LogP contribution < -0.4 is 14.4 Å². The lowest BCUT2D eigenvalue weighted by atomic mass is 9.66. The molecule has 0 saturated heterocycles. The molecule has 3 nitrogen and oxygen atoms in total. The molecule has 0 aromatic heterocycles. The third kappa shape index (κ3) is 5.54. The first kappa shape index (κ1) is 39.8. The van der Waals surface area contributed by atoms with Gasteiger partial charge >= 0.3 is 0 Å². The van der Waals surface area contributed by atoms with Gasteiger partial charge in [-0.1, -0.05) is 194 Å². The lowest BCUT2D eigenvalue weighted by Crippen LogP contribution is -2.32. The minimum atomic E-state index is -0.589. The van der Waals surface area contributed by atoms with Crippen molar-refractivity contribution in [2.24, 2.45) is 0 Å². The van der Waals surface area contributed by atoms with E-state index < -0.39 is 10.8 Å². The highest BCUT2D eigenvalue weighted by Gasteiger charge is 2.52. The van der Waals surface area contributed by atoms with E-state index >= 15 is 0 Å². The van der Waals surface area contributed by atoms with Crippen molar-refractivity contribution in [3.05, 3.63) is 305 Å². The van der Waals surface area contributed by atoms with Crippen LogP contribution in [0.15, 0.2) is 261 Å². The van der Waals surface area contributed by atoms with Gasteiger partial charge in [0.05, 0.1) is 10.8 Å². The van der Waals surface area contributed by atoms with Gasteiger partial charge < -0.3 is 14.4 Å². The Morgan fingerprint density at radius 2 is 0.620 bits per heavy atom. The van der Waals surface area contributed by atoms with E-state index in [1.54, 1.807) is 0 Å². The van der Waals surface area contributed by atoms with Crippen molar-refractivity contribution in [3.8, 4) is 67.5 Å². The first-order chi connectivity index (χ1) is 35.2. The predicted molar refractivity (Wildman–Crippen MR) is 287 cm³/mol. The Morgan fingerprint density at radius 1 is 0.225 bits per heavy atom. The zero-order valence-corrected chi connectivity index (χ0v) is 38.6. The van der Waals surface area contributed by atoms with Crippen molar-refractivity contribution in [1.29, 1.82) is 0 Å². The molecule has 0 amide bonds. The van der Waals surface area contributed by atoms with Gasteiger partial charge in [-0.2, -0.15) is 0 Å². The van der Waals surface area contributed by atoms with Gasteiger partial charge in [0.15, 0.2) is 0 Å². The van der Waals surface area contributed by atoms with Crippen LogP contribution in [0.3, 0.4) is 0 Å². The zero-order chi connectivity index (χ0) is 46.7. The minimum Gasteiger partial charge on any atom is -0.457 e. The first-order valence-corrected chi connectivity index (χ1v) is 24.5. The van der Waals surface area contributed by atoms with Crippen molar-refractivity contribution >= 4 is 17.1 Å². The molecule has 2 heterocycles. The maximum Gasteiger partial charge on any atom is 0.132 e. The molecule has 15 rings (SSSR count). The summed E-state index contributed by atoms with van der Waals surface area (Å²) in [7, 11) is 0. The number of hydrogen-bond donors (Lipinski definition) is 0. The van der Waals surface area contributed by atoms with Gasteiger partial charge in [-0.05, 0) is 133 Å². The standard InChI is InChI=1S/C68H43NO2/c1-2-17-44(18-3-1)46-19-16-20-49(41-46)69(50-38-39-53-51-21-4-6-23-55(51)68(62(53)43-50)60-27-10-14-31-65(60)71-66-32-15-11-28-61(66)68)48-36-33-45(34-37-48)47-35-40-57-54(42-47)52-22-5-7-24-56(52)67(57)58-25-8-12-29-63(58)70-64-30-13-9-26-59(64)67/h1-43H. The van der Waals surface area contributed by atoms with Gasteiger partial charge in [-0.3, -0.25) is 0 Å². The molecule has 0 unspecified atom stereocenters. The number of hydrogen-bond acceptors (Lipinski definition) is 3. The molecule has 4 aliphatic rings. The SMILES string of the molecule is c1ccc(-c2cccc(N(c3ccc(-c4ccc5c(c4)-c4ccccc4C54c5ccccc5Oc5ccccc54)cc3)c3ccc4c(c3)C3(c5ccccc5Oc5ccccc53)c3ccccc3-4)c2)cc1. The number of fused-ring (bicyclic) bond motifs is 18. The average molecular weight is 906 g/mol. The Hall–Kier alpha value is -9.18. The molecule has 0 fully saturated rings. The summed E-state index contributed by atoms with van der Waals surface area (Å²) in [6.45, 7) is 0. The van der Waals surface area contributed by atoms with Crippen LogP contribution in [0.1, 0.15) is 44.5 Å². The first-order valence-electron chi connectivity index (χ1n) is 24.5. The molecule has 3 heteroatoms. The number of nitrogens with zero attached hydrogens (tertiary/aromatic N) is 1. The Labute approximate surface area is 413 Å². The van der Waals surface area contributed by atoms with Crippen LogP contribution in [0.2, 0.25) is 0 Å². The lowest BCUT2D eigenvalue weighted by molar-refractivity contribution is 0.436. The summed E-state index contributed by atoms with van der Waals surface area (Å²) in [4.78, 5) is 2.42. The molecule has 71 heavy (non-hydrogen) atoms. The fourth-order valence-electron chi connectivity index (χ4n) is 12.7. The maximum absolute atomic E-state index is 6.70. The van der Waals surface area contributed by atoms with Crippen molar-refractivity contribution in [3.63, 3.8) is 0 Å². The molecule has 11 aromatic carbocycles. The summed E-state index contributed by atoms with van der Waals surface area (Å²) in [6, 6.07) is 95.1. The summed E-state index contributed by atoms with van der Waals surface area (Å²) in [5, 5.41) is 0. The van der Waals surface area contributed by atoms with E-state index in [1.807, 2.05) is 0 Å². The highest BCUT2D eigenvalue weighted by atomic mass is 16.5. The number of ether oxygens (including phenoxy) is 2. The van der Waals surface area contributed by atoms with Crippen LogP contribution in [0.4, 0.5) is 17.1 Å². The monoisotopic (exact) mass is 905 g/mol. The molecule has 11 aromatic rings. The second-order valence-electron chi connectivity index (χ2n) is 19.1. The van der Waals surface area contributed by atoms with Gasteiger partial charge in [0, 0.05) is 39.3 Å². The number of benzene rings is 11. The van der Waals surface area contributed by atoms with Crippen molar-refractivity contribution in [1.82, 2.24) is 0 Å². The summed E-state index contributed by atoms with van der Waals surface area (Å²) in [5.41, 5.74) is 21.5. The highest BCUT2D eigenvalue weighted by molar-refractivity contribution is 5.93.